The van der Waals surface area contributed by atoms with Gasteiger partial charge in [-0.3, -0.25) is 9.36 Å². The second kappa shape index (κ2) is 12.8. The monoisotopic (exact) mass is 606 g/mol. The first-order valence-electron chi connectivity index (χ1n) is 13.4. The lowest BCUT2D eigenvalue weighted by Gasteiger charge is -2.25. The zero-order valence-corrected chi connectivity index (χ0v) is 24.8. The number of carbonyl (C=O) groups excluding carboxylic acids is 1. The molecule has 1 aliphatic rings. The molecule has 1 aromatic heterocycles. The molecule has 42 heavy (non-hydrogen) atoms. The van der Waals surface area contributed by atoms with Crippen LogP contribution in [0.15, 0.2) is 87.8 Å². The molecule has 0 fully saturated rings. The van der Waals surface area contributed by atoms with Gasteiger partial charge in [-0.2, -0.15) is 0 Å². The molecule has 0 saturated carbocycles. The van der Waals surface area contributed by atoms with Gasteiger partial charge < -0.3 is 14.2 Å². The van der Waals surface area contributed by atoms with Gasteiger partial charge in [-0.25, -0.2) is 14.2 Å². The van der Waals surface area contributed by atoms with E-state index in [0.29, 0.717) is 56.3 Å². The molecular formula is C32H28ClFN2O5S. The number of aromatic nitrogens is 1. The van der Waals surface area contributed by atoms with E-state index in [4.69, 9.17) is 30.8 Å². The summed E-state index contributed by atoms with van der Waals surface area (Å²) in [6, 6.07) is 18.2. The first-order chi connectivity index (χ1) is 20.3. The first-order valence-corrected chi connectivity index (χ1v) is 14.6. The van der Waals surface area contributed by atoms with Crippen molar-refractivity contribution in [3.8, 4) is 11.5 Å². The lowest BCUT2D eigenvalue weighted by Crippen LogP contribution is -2.40. The molecule has 0 radical (unpaired) electrons. The summed E-state index contributed by atoms with van der Waals surface area (Å²) in [6.07, 6.45) is 2.20. The molecule has 7 nitrogen and oxygen atoms in total. The Hall–Kier alpha value is -4.21. The van der Waals surface area contributed by atoms with Gasteiger partial charge in [-0.1, -0.05) is 72.3 Å². The first kappa shape index (κ1) is 29.3. The zero-order valence-electron chi connectivity index (χ0n) is 23.2. The summed E-state index contributed by atoms with van der Waals surface area (Å²) in [4.78, 5) is 32.0. The van der Waals surface area contributed by atoms with Gasteiger partial charge in [0.25, 0.3) is 5.56 Å². The number of methoxy groups -OCH3 is 1. The predicted molar refractivity (Wildman–Crippen MR) is 160 cm³/mol. The topological polar surface area (TPSA) is 79.1 Å². The van der Waals surface area contributed by atoms with Crippen molar-refractivity contribution in [2.75, 3.05) is 13.7 Å². The van der Waals surface area contributed by atoms with E-state index in [0.717, 1.165) is 5.56 Å². The normalized spacial score (nSPS) is 14.8. The fraction of sp³-hybridized carbons (Fsp3) is 0.219. The number of nitrogens with zero attached hydrogens (tertiary/aromatic N) is 2. The maximum absolute atomic E-state index is 13.9. The van der Waals surface area contributed by atoms with Crippen molar-refractivity contribution in [1.29, 1.82) is 0 Å². The average Bonchev–Trinajstić information content (AvgIpc) is 3.30. The second-order valence-electron chi connectivity index (χ2n) is 9.38. The number of hydrogen-bond donors (Lipinski definition) is 0. The van der Waals surface area contributed by atoms with E-state index in [1.165, 1.54) is 30.6 Å². The van der Waals surface area contributed by atoms with Gasteiger partial charge in [0.15, 0.2) is 16.3 Å². The van der Waals surface area contributed by atoms with E-state index in [1.807, 2.05) is 44.2 Å². The standard InChI is InChI=1S/C32H28ClFN2O5S/c1-4-24-27(31(38)39-3)28(21-11-7-6-8-12-21)36-30(37)26(42-32(36)35-24)17-20-15-23(33)29(25(16-20)40-5-2)41-18-19-10-9-13-22(34)14-19/h6-17,28H,4-5,18H2,1-3H3/b26-17-/t28-/m1/s1. The van der Waals surface area contributed by atoms with Crippen LogP contribution in [0.25, 0.3) is 6.08 Å². The average molecular weight is 607 g/mol. The Morgan fingerprint density at radius 2 is 1.88 bits per heavy atom. The number of rotatable bonds is 9. The van der Waals surface area contributed by atoms with Gasteiger partial charge in [0.05, 0.1) is 40.6 Å². The summed E-state index contributed by atoms with van der Waals surface area (Å²) < 4.78 is 32.4. The van der Waals surface area contributed by atoms with Gasteiger partial charge in [0.2, 0.25) is 0 Å². The molecule has 1 aliphatic heterocycles. The predicted octanol–water partition coefficient (Wildman–Crippen LogP) is 5.57. The van der Waals surface area contributed by atoms with E-state index in [2.05, 4.69) is 0 Å². The van der Waals surface area contributed by atoms with Crippen molar-refractivity contribution in [1.82, 2.24) is 4.57 Å². The number of esters is 1. The number of fused-ring (bicyclic) bond motifs is 1. The molecule has 1 atom stereocenters. The molecule has 5 rings (SSSR count). The Balaban J connectivity index is 1.60. The van der Waals surface area contributed by atoms with Crippen LogP contribution in [0.2, 0.25) is 5.02 Å². The van der Waals surface area contributed by atoms with Gasteiger partial charge in [-0.05, 0) is 60.4 Å². The molecule has 0 N–H and O–H groups in total. The molecule has 0 unspecified atom stereocenters. The quantitative estimate of drug-likeness (QED) is 0.233. The smallest absolute Gasteiger partial charge is 0.338 e. The number of ether oxygens (including phenoxy) is 3. The van der Waals surface area contributed by atoms with E-state index in [9.17, 15) is 14.0 Å². The van der Waals surface area contributed by atoms with Crippen LogP contribution in [0.1, 0.15) is 43.0 Å². The highest BCUT2D eigenvalue weighted by atomic mass is 35.5. The van der Waals surface area contributed by atoms with Crippen LogP contribution in [0.4, 0.5) is 4.39 Å². The van der Waals surface area contributed by atoms with Crippen LogP contribution in [0.3, 0.4) is 0 Å². The SMILES string of the molecule is CCOc1cc(/C=c2\sc3n(c2=O)[C@H](c2ccccc2)C(C(=O)OC)=C(CC)N=3)cc(Cl)c1OCc1cccc(F)c1. The summed E-state index contributed by atoms with van der Waals surface area (Å²) in [5, 5.41) is 0.278. The third-order valence-electron chi connectivity index (χ3n) is 6.67. The Kier molecular flexibility index (Phi) is 8.89. The van der Waals surface area contributed by atoms with Crippen LogP contribution < -0.4 is 24.4 Å². The fourth-order valence-corrected chi connectivity index (χ4v) is 6.12. The van der Waals surface area contributed by atoms with Gasteiger partial charge >= 0.3 is 5.97 Å². The minimum absolute atomic E-state index is 0.0945. The van der Waals surface area contributed by atoms with Crippen molar-refractivity contribution in [2.24, 2.45) is 4.99 Å². The highest BCUT2D eigenvalue weighted by Crippen LogP contribution is 2.38. The molecule has 216 valence electrons. The van der Waals surface area contributed by atoms with Crippen molar-refractivity contribution >= 4 is 35.0 Å². The Morgan fingerprint density at radius 1 is 1.10 bits per heavy atom. The fourth-order valence-electron chi connectivity index (χ4n) is 4.82. The van der Waals surface area contributed by atoms with Crippen molar-refractivity contribution in [2.45, 2.75) is 32.9 Å². The maximum atomic E-state index is 13.9. The van der Waals surface area contributed by atoms with E-state index >= 15 is 0 Å². The van der Waals surface area contributed by atoms with Gasteiger partial charge in [0.1, 0.15) is 12.4 Å². The van der Waals surface area contributed by atoms with Crippen LogP contribution in [-0.2, 0) is 16.1 Å². The summed E-state index contributed by atoms with van der Waals surface area (Å²) in [6.45, 7) is 4.19. The Morgan fingerprint density at radius 3 is 2.57 bits per heavy atom. The van der Waals surface area contributed by atoms with Gasteiger partial charge in [0, 0.05) is 0 Å². The van der Waals surface area contributed by atoms with Crippen LogP contribution in [0, 0.1) is 5.82 Å². The number of allylic oxidation sites excluding steroid dienone is 1. The van der Waals surface area contributed by atoms with E-state index in [-0.39, 0.29) is 23.0 Å². The van der Waals surface area contributed by atoms with Crippen LogP contribution in [-0.4, -0.2) is 24.3 Å². The minimum Gasteiger partial charge on any atom is -0.490 e. The third-order valence-corrected chi connectivity index (χ3v) is 7.93. The summed E-state index contributed by atoms with van der Waals surface area (Å²) in [7, 11) is 1.32. The largest absolute Gasteiger partial charge is 0.490 e. The highest BCUT2D eigenvalue weighted by molar-refractivity contribution is 7.07. The Labute approximate surface area is 250 Å². The third kappa shape index (κ3) is 5.89. The summed E-state index contributed by atoms with van der Waals surface area (Å²) in [5.74, 6) is -0.173. The summed E-state index contributed by atoms with van der Waals surface area (Å²) >= 11 is 7.86. The molecule has 4 aromatic rings. The molecule has 10 heteroatoms. The minimum atomic E-state index is -0.687. The highest BCUT2D eigenvalue weighted by Gasteiger charge is 2.33. The number of thiazole rings is 1. The molecule has 0 aliphatic carbocycles. The number of hydrogen-bond acceptors (Lipinski definition) is 7. The number of halogens is 2. The molecule has 0 amide bonds. The van der Waals surface area contributed by atoms with Crippen LogP contribution >= 0.6 is 22.9 Å². The van der Waals surface area contributed by atoms with E-state index in [1.54, 1.807) is 34.9 Å². The molecular weight excluding hydrogens is 579 g/mol. The molecule has 0 saturated heterocycles. The van der Waals surface area contributed by atoms with E-state index < -0.39 is 12.0 Å². The molecule has 3 aromatic carbocycles. The lowest BCUT2D eigenvalue weighted by atomic mass is 9.95. The van der Waals surface area contributed by atoms with Crippen molar-refractivity contribution < 1.29 is 23.4 Å². The number of carbonyl (C=O) groups is 1. The lowest BCUT2D eigenvalue weighted by molar-refractivity contribution is -0.136. The summed E-state index contributed by atoms with van der Waals surface area (Å²) in [5.41, 5.74) is 2.64. The molecule has 0 spiro atoms. The van der Waals surface area contributed by atoms with Gasteiger partial charge in [-0.15, -0.1) is 0 Å². The number of benzene rings is 3. The molecule has 2 heterocycles. The van der Waals surface area contributed by atoms with Crippen molar-refractivity contribution in [3.05, 3.63) is 125 Å². The zero-order chi connectivity index (χ0) is 29.8. The maximum Gasteiger partial charge on any atom is 0.338 e. The Bertz CT molecular complexity index is 1850. The molecule has 0 bridgehead atoms. The van der Waals surface area contributed by atoms with Crippen LogP contribution in [0.5, 0.6) is 11.5 Å². The van der Waals surface area contributed by atoms with Crippen molar-refractivity contribution in [3.63, 3.8) is 0 Å². The second-order valence-corrected chi connectivity index (χ2v) is 10.8.